The molecular weight excluding hydrogens is 581 g/mol. The van der Waals surface area contributed by atoms with Crippen LogP contribution in [0.15, 0.2) is 72.8 Å². The van der Waals surface area contributed by atoms with Crippen molar-refractivity contribution in [3.63, 3.8) is 0 Å². The molecule has 0 saturated heterocycles. The van der Waals surface area contributed by atoms with Crippen molar-refractivity contribution in [2.24, 2.45) is 0 Å². The van der Waals surface area contributed by atoms with Crippen LogP contribution in [0.4, 0.5) is 28.4 Å². The van der Waals surface area contributed by atoms with Gasteiger partial charge in [-0.2, -0.15) is 0 Å². The zero-order chi connectivity index (χ0) is 35.6. The largest absolute Gasteiger partial charge is 0.355 e. The van der Waals surface area contributed by atoms with E-state index in [0.717, 1.165) is 11.4 Å². The maximum Gasteiger partial charge on any atom is 0.0520 e. The Kier molecular flexibility index (Phi) is 9.03. The van der Waals surface area contributed by atoms with Gasteiger partial charge in [-0.05, 0) is 135 Å². The number of nitrogens with zero attached hydrogens (tertiary/aromatic N) is 1. The smallest absolute Gasteiger partial charge is 0.0520 e. The Hall–Kier alpha value is -3.52. The van der Waals surface area contributed by atoms with Crippen molar-refractivity contribution in [2.45, 2.75) is 144 Å². The lowest BCUT2D eigenvalue weighted by Gasteiger charge is -2.42. The van der Waals surface area contributed by atoms with Gasteiger partial charge in [-0.25, -0.2) is 0 Å². The van der Waals surface area contributed by atoms with Crippen molar-refractivity contribution in [1.29, 1.82) is 0 Å². The van der Waals surface area contributed by atoms with Crippen LogP contribution in [0.25, 0.3) is 0 Å². The van der Waals surface area contributed by atoms with Gasteiger partial charge in [0.25, 0.3) is 0 Å². The highest BCUT2D eigenvalue weighted by Crippen LogP contribution is 2.48. The van der Waals surface area contributed by atoms with Gasteiger partial charge in [-0.3, -0.25) is 0 Å². The summed E-state index contributed by atoms with van der Waals surface area (Å²) in [5.41, 5.74) is 15.9. The number of fused-ring (bicyclic) bond motifs is 1. The first-order valence-electron chi connectivity index (χ1n) is 18.1. The summed E-state index contributed by atoms with van der Waals surface area (Å²) in [6, 6.07) is 28.2. The van der Waals surface area contributed by atoms with E-state index < -0.39 is 0 Å². The summed E-state index contributed by atoms with van der Waals surface area (Å²) in [6.45, 7) is 34.9. The molecule has 0 saturated carbocycles. The molecule has 0 fully saturated rings. The van der Waals surface area contributed by atoms with E-state index in [1.54, 1.807) is 0 Å². The van der Waals surface area contributed by atoms with Crippen molar-refractivity contribution >= 4 is 28.4 Å². The van der Waals surface area contributed by atoms with E-state index in [0.29, 0.717) is 0 Å². The molecule has 4 aromatic rings. The van der Waals surface area contributed by atoms with Crippen molar-refractivity contribution in [3.8, 4) is 0 Å². The molecule has 5 rings (SSSR count). The van der Waals surface area contributed by atoms with Gasteiger partial charge >= 0.3 is 0 Å². The van der Waals surface area contributed by atoms with Crippen LogP contribution in [-0.4, -0.2) is 0 Å². The topological polar surface area (TPSA) is 15.3 Å². The van der Waals surface area contributed by atoms with Crippen molar-refractivity contribution in [2.75, 3.05) is 10.2 Å². The second-order valence-corrected chi connectivity index (χ2v) is 19.0. The molecule has 0 radical (unpaired) electrons. The third kappa shape index (κ3) is 7.24. The number of rotatable bonds is 5. The summed E-state index contributed by atoms with van der Waals surface area (Å²) in [4.78, 5) is 2.49. The van der Waals surface area contributed by atoms with Crippen molar-refractivity contribution < 1.29 is 0 Å². The van der Waals surface area contributed by atoms with Crippen LogP contribution >= 0.6 is 0 Å². The highest BCUT2D eigenvalue weighted by Gasteiger charge is 2.37. The lowest BCUT2D eigenvalue weighted by atomic mass is 9.63. The maximum absolute atomic E-state index is 3.89. The van der Waals surface area contributed by atoms with Crippen molar-refractivity contribution in [3.05, 3.63) is 112 Å². The van der Waals surface area contributed by atoms with E-state index in [4.69, 9.17) is 0 Å². The van der Waals surface area contributed by atoms with Gasteiger partial charge in [-0.15, -0.1) is 0 Å². The molecule has 0 bridgehead atoms. The molecule has 0 unspecified atom stereocenters. The average molecular weight is 643 g/mol. The Morgan fingerprint density at radius 2 is 1.00 bits per heavy atom. The van der Waals surface area contributed by atoms with Gasteiger partial charge < -0.3 is 10.2 Å². The minimum absolute atomic E-state index is 0.0315. The van der Waals surface area contributed by atoms with Gasteiger partial charge in [0.15, 0.2) is 0 Å². The van der Waals surface area contributed by atoms with Gasteiger partial charge in [0.2, 0.25) is 0 Å². The SMILES string of the molecule is Cc1cc(C(C)(C)C)cc(C)c1N(c1ccc(C(C)(C)C)cc1)c1cc(Nc2ccc3c(c2)C(C)(C)CCC3(C)C)cc(C(C)(C)C)c1. The summed E-state index contributed by atoms with van der Waals surface area (Å²) in [5, 5.41) is 3.89. The minimum atomic E-state index is -0.0315. The molecule has 2 nitrogen and oxygen atoms in total. The first kappa shape index (κ1) is 35.8. The van der Waals surface area contributed by atoms with Crippen LogP contribution in [0.5, 0.6) is 0 Å². The molecule has 0 amide bonds. The van der Waals surface area contributed by atoms with E-state index in [1.165, 1.54) is 68.8 Å². The predicted octanol–water partition coefficient (Wildman–Crippen LogP) is 13.8. The fourth-order valence-corrected chi connectivity index (χ4v) is 7.34. The van der Waals surface area contributed by atoms with Crippen LogP contribution < -0.4 is 10.2 Å². The van der Waals surface area contributed by atoms with Gasteiger partial charge in [-0.1, -0.05) is 120 Å². The molecule has 1 aliphatic rings. The Balaban J connectivity index is 1.70. The molecule has 1 N–H and O–H groups in total. The molecule has 256 valence electrons. The fraction of sp³-hybridized carbons (Fsp3) is 0.478. The highest BCUT2D eigenvalue weighted by atomic mass is 15.1. The number of nitrogens with one attached hydrogen (secondary N) is 1. The Bertz CT molecular complexity index is 1770. The Labute approximate surface area is 293 Å². The number of benzene rings is 4. The monoisotopic (exact) mass is 642 g/mol. The zero-order valence-corrected chi connectivity index (χ0v) is 32.8. The maximum atomic E-state index is 3.89. The number of hydrogen-bond acceptors (Lipinski definition) is 2. The number of anilines is 5. The molecule has 0 aromatic heterocycles. The van der Waals surface area contributed by atoms with E-state index in [-0.39, 0.29) is 27.1 Å². The molecule has 4 aromatic carbocycles. The van der Waals surface area contributed by atoms with Gasteiger partial charge in [0.05, 0.1) is 5.69 Å². The summed E-state index contributed by atoms with van der Waals surface area (Å²) in [7, 11) is 0. The summed E-state index contributed by atoms with van der Waals surface area (Å²) < 4.78 is 0. The molecule has 0 spiro atoms. The normalized spacial score (nSPS) is 16.0. The lowest BCUT2D eigenvalue weighted by molar-refractivity contribution is 0.332. The van der Waals surface area contributed by atoms with E-state index in [2.05, 4.69) is 187 Å². The standard InChI is InChI=1S/C46H62N2/c1-30-24-33(43(6,7)8)25-31(2)41(30)48(37-19-16-32(17-20-37)42(3,4)5)38-27-34(44(9,10)11)26-36(28-38)47-35-18-21-39-40(29-35)46(14,15)23-22-45(39,12)13/h16-21,24-29,47H,22-23H2,1-15H3. The van der Waals surface area contributed by atoms with Gasteiger partial charge in [0, 0.05) is 22.7 Å². The van der Waals surface area contributed by atoms with E-state index in [9.17, 15) is 0 Å². The molecule has 48 heavy (non-hydrogen) atoms. The second kappa shape index (κ2) is 12.1. The fourth-order valence-electron chi connectivity index (χ4n) is 7.34. The average Bonchev–Trinajstić information content (AvgIpc) is 2.96. The van der Waals surface area contributed by atoms with E-state index >= 15 is 0 Å². The van der Waals surface area contributed by atoms with Crippen LogP contribution in [-0.2, 0) is 27.1 Å². The minimum Gasteiger partial charge on any atom is -0.355 e. The first-order valence-corrected chi connectivity index (χ1v) is 18.1. The van der Waals surface area contributed by atoms with Crippen LogP contribution in [0, 0.1) is 13.8 Å². The first-order chi connectivity index (χ1) is 22.0. The summed E-state index contributed by atoms with van der Waals surface area (Å²) >= 11 is 0. The summed E-state index contributed by atoms with van der Waals surface area (Å²) in [5.74, 6) is 0. The van der Waals surface area contributed by atoms with Crippen molar-refractivity contribution in [1.82, 2.24) is 0 Å². The third-order valence-corrected chi connectivity index (χ3v) is 10.8. The molecule has 0 heterocycles. The molecule has 2 heteroatoms. The molecule has 0 atom stereocenters. The number of hydrogen-bond donors (Lipinski definition) is 1. The third-order valence-electron chi connectivity index (χ3n) is 10.8. The molecular formula is C46H62N2. The van der Waals surface area contributed by atoms with Crippen LogP contribution in [0.2, 0.25) is 0 Å². The van der Waals surface area contributed by atoms with Gasteiger partial charge in [0.1, 0.15) is 0 Å². The zero-order valence-electron chi connectivity index (χ0n) is 32.8. The Morgan fingerprint density at radius 3 is 1.52 bits per heavy atom. The highest BCUT2D eigenvalue weighted by molar-refractivity contribution is 5.83. The summed E-state index contributed by atoms with van der Waals surface area (Å²) in [6.07, 6.45) is 2.43. The Morgan fingerprint density at radius 1 is 0.500 bits per heavy atom. The van der Waals surface area contributed by atoms with Crippen LogP contribution in [0.1, 0.15) is 142 Å². The molecule has 0 aliphatic heterocycles. The second-order valence-electron chi connectivity index (χ2n) is 19.0. The number of aryl methyl sites for hydroxylation is 2. The predicted molar refractivity (Wildman–Crippen MR) is 212 cm³/mol. The molecule has 1 aliphatic carbocycles. The van der Waals surface area contributed by atoms with E-state index in [1.807, 2.05) is 0 Å². The quantitative estimate of drug-likeness (QED) is 0.233. The lowest BCUT2D eigenvalue weighted by Crippen LogP contribution is -2.33. The van der Waals surface area contributed by atoms with Crippen LogP contribution in [0.3, 0.4) is 0 Å².